The zero-order chi connectivity index (χ0) is 11.4. The number of amides is 1. The summed E-state index contributed by atoms with van der Waals surface area (Å²) >= 11 is 5.55. The molecule has 0 fully saturated rings. The molecule has 0 spiro atoms. The molecule has 0 aliphatic rings. The van der Waals surface area contributed by atoms with Gasteiger partial charge >= 0.3 is 6.09 Å². The van der Waals surface area contributed by atoms with Gasteiger partial charge in [0.1, 0.15) is 0 Å². The van der Waals surface area contributed by atoms with E-state index in [2.05, 4.69) is 12.2 Å². The van der Waals surface area contributed by atoms with Crippen molar-refractivity contribution < 1.29 is 9.53 Å². The number of alkyl halides is 1. The van der Waals surface area contributed by atoms with E-state index in [4.69, 9.17) is 16.3 Å². The average Bonchev–Trinajstić information content (AvgIpc) is 2.23. The molecule has 0 rings (SSSR count). The third-order valence-corrected chi connectivity index (χ3v) is 2.33. The minimum absolute atomic E-state index is 0.291. The number of hydrogen-bond acceptors (Lipinski definition) is 2. The Hall–Kier alpha value is -0.440. The van der Waals surface area contributed by atoms with E-state index in [-0.39, 0.29) is 6.09 Å². The van der Waals surface area contributed by atoms with Crippen LogP contribution in [0.15, 0.2) is 0 Å². The summed E-state index contributed by atoms with van der Waals surface area (Å²) in [6.45, 7) is 3.29. The van der Waals surface area contributed by atoms with E-state index in [0.29, 0.717) is 13.2 Å². The molecule has 0 atom stereocenters. The van der Waals surface area contributed by atoms with Gasteiger partial charge in [-0.25, -0.2) is 4.79 Å². The highest BCUT2D eigenvalue weighted by atomic mass is 35.5. The van der Waals surface area contributed by atoms with E-state index in [0.717, 1.165) is 44.4 Å². The first-order valence-corrected chi connectivity index (χ1v) is 6.31. The second kappa shape index (κ2) is 11.6. The Kier molecular flexibility index (Phi) is 11.3. The second-order valence-corrected chi connectivity index (χ2v) is 3.90. The zero-order valence-electron chi connectivity index (χ0n) is 9.56. The summed E-state index contributed by atoms with van der Waals surface area (Å²) in [7, 11) is 0. The van der Waals surface area contributed by atoms with Gasteiger partial charge in [-0.05, 0) is 19.3 Å². The number of carbonyl (C=O) groups excluding carboxylic acids is 1. The van der Waals surface area contributed by atoms with Gasteiger partial charge in [-0.15, -0.1) is 11.6 Å². The maximum atomic E-state index is 11.1. The van der Waals surface area contributed by atoms with Crippen molar-refractivity contribution in [3.8, 4) is 0 Å². The van der Waals surface area contributed by atoms with Crippen molar-refractivity contribution in [3.63, 3.8) is 0 Å². The normalized spacial score (nSPS) is 10.0. The number of hydrogen-bond donors (Lipinski definition) is 1. The summed E-state index contributed by atoms with van der Waals surface area (Å²) in [6, 6.07) is 0. The van der Waals surface area contributed by atoms with Gasteiger partial charge in [-0.1, -0.05) is 26.2 Å². The van der Waals surface area contributed by atoms with Crippen LogP contribution in [-0.4, -0.2) is 25.1 Å². The number of rotatable bonds is 9. The number of unbranched alkanes of at least 4 members (excludes halogenated alkanes) is 4. The van der Waals surface area contributed by atoms with Crippen molar-refractivity contribution in [1.29, 1.82) is 0 Å². The molecule has 0 bridgehead atoms. The number of carbonyl (C=O) groups is 1. The highest BCUT2D eigenvalue weighted by Gasteiger charge is 1.99. The molecule has 0 heterocycles. The molecule has 0 saturated heterocycles. The molecule has 3 nitrogen and oxygen atoms in total. The van der Waals surface area contributed by atoms with Crippen LogP contribution in [0.3, 0.4) is 0 Å². The highest BCUT2D eigenvalue weighted by molar-refractivity contribution is 6.17. The number of alkyl carbamates (subject to hydrolysis) is 1. The molecule has 0 aliphatic heterocycles. The molecule has 0 aromatic rings. The molecule has 0 aliphatic carbocycles. The lowest BCUT2D eigenvalue weighted by molar-refractivity contribution is 0.144. The second-order valence-electron chi connectivity index (χ2n) is 3.52. The third-order valence-electron chi connectivity index (χ3n) is 2.06. The fourth-order valence-electron chi connectivity index (χ4n) is 1.12. The molecule has 0 unspecified atom stereocenters. The van der Waals surface area contributed by atoms with Crippen LogP contribution < -0.4 is 5.32 Å². The quantitative estimate of drug-likeness (QED) is 0.492. The van der Waals surface area contributed by atoms with Crippen LogP contribution in [0.1, 0.15) is 45.4 Å². The Bertz CT molecular complexity index is 154. The van der Waals surface area contributed by atoms with E-state index in [1.807, 2.05) is 0 Å². The SMILES string of the molecule is CCCCOC(=O)NCCCCCCCl. The summed E-state index contributed by atoms with van der Waals surface area (Å²) in [5.74, 6) is 0.729. The van der Waals surface area contributed by atoms with E-state index >= 15 is 0 Å². The smallest absolute Gasteiger partial charge is 0.407 e. The third kappa shape index (κ3) is 11.5. The molecule has 1 amide bonds. The van der Waals surface area contributed by atoms with Gasteiger partial charge in [-0.2, -0.15) is 0 Å². The van der Waals surface area contributed by atoms with Crippen LogP contribution in [0.5, 0.6) is 0 Å². The van der Waals surface area contributed by atoms with Gasteiger partial charge in [0.25, 0.3) is 0 Å². The molecule has 0 aromatic carbocycles. The van der Waals surface area contributed by atoms with Crippen LogP contribution in [-0.2, 0) is 4.74 Å². The zero-order valence-corrected chi connectivity index (χ0v) is 10.3. The fraction of sp³-hybridized carbons (Fsp3) is 0.909. The van der Waals surface area contributed by atoms with Crippen molar-refractivity contribution in [2.45, 2.75) is 45.4 Å². The number of nitrogens with one attached hydrogen (secondary N) is 1. The topological polar surface area (TPSA) is 38.3 Å². The standard InChI is InChI=1S/C11H22ClNO2/c1-2-3-10-15-11(14)13-9-7-5-4-6-8-12/h2-10H2,1H3,(H,13,14). The minimum Gasteiger partial charge on any atom is -0.450 e. The van der Waals surface area contributed by atoms with E-state index in [9.17, 15) is 4.79 Å². The largest absolute Gasteiger partial charge is 0.450 e. The number of ether oxygens (including phenoxy) is 1. The van der Waals surface area contributed by atoms with Crippen molar-refractivity contribution >= 4 is 17.7 Å². The van der Waals surface area contributed by atoms with Gasteiger partial charge in [-0.3, -0.25) is 0 Å². The van der Waals surface area contributed by atoms with Gasteiger partial charge in [0.2, 0.25) is 0 Å². The van der Waals surface area contributed by atoms with Gasteiger partial charge in [0.05, 0.1) is 6.61 Å². The first kappa shape index (κ1) is 14.6. The summed E-state index contributed by atoms with van der Waals surface area (Å²) in [5.41, 5.74) is 0. The minimum atomic E-state index is -0.291. The lowest BCUT2D eigenvalue weighted by Gasteiger charge is -2.05. The average molecular weight is 236 g/mol. The molecular formula is C11H22ClNO2. The van der Waals surface area contributed by atoms with E-state index in [1.54, 1.807) is 0 Å². The summed E-state index contributed by atoms with van der Waals surface area (Å²) < 4.78 is 4.94. The summed E-state index contributed by atoms with van der Waals surface area (Å²) in [4.78, 5) is 11.1. The monoisotopic (exact) mass is 235 g/mol. The Morgan fingerprint density at radius 2 is 1.93 bits per heavy atom. The van der Waals surface area contributed by atoms with Crippen LogP contribution in [0.2, 0.25) is 0 Å². The van der Waals surface area contributed by atoms with Crippen LogP contribution >= 0.6 is 11.6 Å². The molecule has 0 saturated carbocycles. The fourth-order valence-corrected chi connectivity index (χ4v) is 1.31. The van der Waals surface area contributed by atoms with Crippen molar-refractivity contribution in [2.24, 2.45) is 0 Å². The first-order chi connectivity index (χ1) is 7.31. The van der Waals surface area contributed by atoms with E-state index < -0.39 is 0 Å². The molecule has 0 aromatic heterocycles. The Morgan fingerprint density at radius 3 is 2.60 bits per heavy atom. The molecule has 1 N–H and O–H groups in total. The van der Waals surface area contributed by atoms with E-state index in [1.165, 1.54) is 0 Å². The predicted octanol–water partition coefficient (Wildman–Crippen LogP) is 3.31. The van der Waals surface area contributed by atoms with Gasteiger partial charge < -0.3 is 10.1 Å². The highest BCUT2D eigenvalue weighted by Crippen LogP contribution is 1.99. The van der Waals surface area contributed by atoms with Crippen molar-refractivity contribution in [1.82, 2.24) is 5.32 Å². The van der Waals surface area contributed by atoms with Crippen LogP contribution in [0.4, 0.5) is 4.79 Å². The molecule has 0 radical (unpaired) electrons. The van der Waals surface area contributed by atoms with Crippen LogP contribution in [0.25, 0.3) is 0 Å². The Labute approximate surface area is 97.5 Å². The van der Waals surface area contributed by atoms with Gasteiger partial charge in [0.15, 0.2) is 0 Å². The Morgan fingerprint density at radius 1 is 1.20 bits per heavy atom. The maximum Gasteiger partial charge on any atom is 0.407 e. The molecule has 15 heavy (non-hydrogen) atoms. The number of halogens is 1. The van der Waals surface area contributed by atoms with Crippen molar-refractivity contribution in [3.05, 3.63) is 0 Å². The van der Waals surface area contributed by atoms with Crippen molar-refractivity contribution in [2.75, 3.05) is 19.0 Å². The lowest BCUT2D eigenvalue weighted by Crippen LogP contribution is -2.25. The predicted molar refractivity (Wildman–Crippen MR) is 63.4 cm³/mol. The summed E-state index contributed by atoms with van der Waals surface area (Å²) in [6.07, 6.45) is 6.00. The van der Waals surface area contributed by atoms with Crippen LogP contribution in [0, 0.1) is 0 Å². The molecule has 90 valence electrons. The first-order valence-electron chi connectivity index (χ1n) is 5.77. The Balaban J connectivity index is 3.10. The summed E-state index contributed by atoms with van der Waals surface area (Å²) in [5, 5.41) is 2.72. The maximum absolute atomic E-state index is 11.1. The lowest BCUT2D eigenvalue weighted by atomic mass is 10.2. The molecular weight excluding hydrogens is 214 g/mol. The van der Waals surface area contributed by atoms with Gasteiger partial charge in [0, 0.05) is 12.4 Å². The molecule has 4 heteroatoms.